The molecule has 32 heavy (non-hydrogen) atoms. The summed E-state index contributed by atoms with van der Waals surface area (Å²) in [5.41, 5.74) is 2.55. The van der Waals surface area contributed by atoms with Crippen LogP contribution in [-0.4, -0.2) is 12.6 Å². The molecule has 0 fully saturated rings. The number of nitriles is 4. The molecule has 7 nitrogen and oxygen atoms in total. The fraction of sp³-hybridized carbons (Fsp3) is 0.240. The summed E-state index contributed by atoms with van der Waals surface area (Å²) >= 11 is 0. The lowest BCUT2D eigenvalue weighted by Crippen LogP contribution is -2.54. The summed E-state index contributed by atoms with van der Waals surface area (Å²) in [6.07, 6.45) is 0. The third-order valence-corrected chi connectivity index (χ3v) is 5.88. The highest BCUT2D eigenvalue weighted by Gasteiger charge is 2.68. The Morgan fingerprint density at radius 2 is 1.47 bits per heavy atom. The first-order valence-electron chi connectivity index (χ1n) is 9.89. The van der Waals surface area contributed by atoms with Crippen LogP contribution in [0.3, 0.4) is 0 Å². The van der Waals surface area contributed by atoms with Gasteiger partial charge in [0.05, 0.1) is 54.0 Å². The molecular formula is C25H19N5O2. The summed E-state index contributed by atoms with van der Waals surface area (Å²) in [6, 6.07) is 24.8. The van der Waals surface area contributed by atoms with Gasteiger partial charge in [0.2, 0.25) is 0 Å². The zero-order valence-corrected chi connectivity index (χ0v) is 17.3. The molecule has 1 aliphatic rings. The van der Waals surface area contributed by atoms with Gasteiger partial charge in [-0.15, -0.1) is 0 Å². The molecule has 0 aromatic heterocycles. The molecule has 3 rings (SSSR count). The largest absolute Gasteiger partial charge is 0.465 e. The van der Waals surface area contributed by atoms with Gasteiger partial charge in [-0.05, 0) is 18.1 Å². The van der Waals surface area contributed by atoms with Crippen molar-refractivity contribution in [2.75, 3.05) is 6.61 Å². The maximum Gasteiger partial charge on any atom is 0.328 e. The molecule has 0 amide bonds. The molecule has 0 heterocycles. The van der Waals surface area contributed by atoms with Gasteiger partial charge in [0.15, 0.2) is 10.8 Å². The van der Waals surface area contributed by atoms with Crippen molar-refractivity contribution in [3.63, 3.8) is 0 Å². The van der Waals surface area contributed by atoms with Crippen molar-refractivity contribution < 1.29 is 9.53 Å². The Morgan fingerprint density at radius 1 is 0.938 bits per heavy atom. The third-order valence-electron chi connectivity index (χ3n) is 5.88. The second-order valence-electron chi connectivity index (χ2n) is 7.36. The molecule has 2 aromatic carbocycles. The molecule has 0 radical (unpaired) electrons. The minimum absolute atomic E-state index is 0.0293. The number of esters is 1. The topological polar surface area (TPSA) is 147 Å². The van der Waals surface area contributed by atoms with Crippen LogP contribution in [0.25, 0.3) is 0 Å². The Balaban J connectivity index is 2.58. The number of ether oxygens (including phenoxy) is 1. The number of benzene rings is 2. The van der Waals surface area contributed by atoms with Crippen LogP contribution in [0.1, 0.15) is 29.9 Å². The van der Waals surface area contributed by atoms with E-state index in [0.717, 1.165) is 0 Å². The van der Waals surface area contributed by atoms with Crippen LogP contribution in [0.15, 0.2) is 71.9 Å². The molecule has 2 aromatic rings. The lowest BCUT2D eigenvalue weighted by Gasteiger charge is -2.48. The Hall–Kier alpha value is -4.59. The second-order valence-corrected chi connectivity index (χ2v) is 7.36. The van der Waals surface area contributed by atoms with Crippen LogP contribution in [0.4, 0.5) is 0 Å². The standard InChI is InChI=1S/C25H19N5O2/c1-2-32-23(31)25(16-29)20(17-9-5-3-6-10-17)19(13-26)22(30)24(14-27,15-28)21(25)18-11-7-4-8-12-18/h3-12,20-21H,2,30H2,1H3/t20-,21+,25-/m1/s1. The predicted octanol–water partition coefficient (Wildman–Crippen LogP) is 3.41. The fourth-order valence-electron chi connectivity index (χ4n) is 4.55. The van der Waals surface area contributed by atoms with E-state index < -0.39 is 28.6 Å². The smallest absolute Gasteiger partial charge is 0.328 e. The van der Waals surface area contributed by atoms with E-state index in [0.29, 0.717) is 11.1 Å². The molecule has 156 valence electrons. The van der Waals surface area contributed by atoms with Crippen molar-refractivity contribution in [1.29, 1.82) is 21.0 Å². The number of carbonyl (C=O) groups excluding carboxylic acids is 1. The van der Waals surface area contributed by atoms with E-state index in [1.807, 2.05) is 18.2 Å². The van der Waals surface area contributed by atoms with Gasteiger partial charge in [-0.3, -0.25) is 4.79 Å². The lowest BCUT2D eigenvalue weighted by molar-refractivity contribution is -0.155. The highest BCUT2D eigenvalue weighted by molar-refractivity contribution is 5.86. The molecule has 0 aliphatic heterocycles. The molecule has 0 bridgehead atoms. The lowest BCUT2D eigenvalue weighted by atomic mass is 9.48. The normalized spacial score (nSPS) is 23.7. The first-order valence-corrected chi connectivity index (χ1v) is 9.89. The minimum Gasteiger partial charge on any atom is -0.465 e. The highest BCUT2D eigenvalue weighted by Crippen LogP contribution is 2.63. The zero-order valence-electron chi connectivity index (χ0n) is 17.3. The van der Waals surface area contributed by atoms with Crippen LogP contribution in [0.2, 0.25) is 0 Å². The van der Waals surface area contributed by atoms with Crippen molar-refractivity contribution in [2.45, 2.75) is 18.8 Å². The van der Waals surface area contributed by atoms with Crippen LogP contribution >= 0.6 is 0 Å². The van der Waals surface area contributed by atoms with Crippen LogP contribution in [-0.2, 0) is 9.53 Å². The molecule has 1 aliphatic carbocycles. The fourth-order valence-corrected chi connectivity index (χ4v) is 4.55. The zero-order chi connectivity index (χ0) is 23.4. The average Bonchev–Trinajstić information content (AvgIpc) is 2.84. The number of allylic oxidation sites excluding steroid dienone is 2. The number of nitrogens with two attached hydrogens (primary N) is 1. The second kappa shape index (κ2) is 8.65. The molecule has 0 saturated carbocycles. The van der Waals surface area contributed by atoms with E-state index in [1.54, 1.807) is 67.6 Å². The molecule has 0 saturated heterocycles. The molecule has 2 N–H and O–H groups in total. The number of hydrogen-bond acceptors (Lipinski definition) is 7. The highest BCUT2D eigenvalue weighted by atomic mass is 16.5. The summed E-state index contributed by atoms with van der Waals surface area (Å²) in [5, 5.41) is 41.0. The summed E-state index contributed by atoms with van der Waals surface area (Å²) in [4.78, 5) is 13.6. The van der Waals surface area contributed by atoms with Gasteiger partial charge in [-0.25, -0.2) is 0 Å². The third kappa shape index (κ3) is 2.97. The minimum atomic E-state index is -2.14. The van der Waals surface area contributed by atoms with Crippen molar-refractivity contribution in [3.8, 4) is 24.3 Å². The number of rotatable bonds is 4. The van der Waals surface area contributed by atoms with Gasteiger partial charge in [0.25, 0.3) is 0 Å². The van der Waals surface area contributed by atoms with Crippen LogP contribution < -0.4 is 5.73 Å². The molecular weight excluding hydrogens is 402 g/mol. The monoisotopic (exact) mass is 421 g/mol. The van der Waals surface area contributed by atoms with Crippen molar-refractivity contribution in [3.05, 3.63) is 83.1 Å². The summed E-state index contributed by atoms with van der Waals surface area (Å²) in [7, 11) is 0. The van der Waals surface area contributed by atoms with Crippen LogP contribution in [0.5, 0.6) is 0 Å². The Morgan fingerprint density at radius 3 is 1.91 bits per heavy atom. The first-order chi connectivity index (χ1) is 15.5. The van der Waals surface area contributed by atoms with Crippen molar-refractivity contribution >= 4 is 5.97 Å². The van der Waals surface area contributed by atoms with Crippen molar-refractivity contribution in [2.24, 2.45) is 16.6 Å². The van der Waals surface area contributed by atoms with Gasteiger partial charge in [-0.1, -0.05) is 60.7 Å². The SMILES string of the molecule is CCOC(=O)[C@]1(C#N)[C@H](c2ccccc2)C(C#N)=C(N)C(C#N)(C#N)[C@@H]1c1ccccc1. The van der Waals surface area contributed by atoms with Gasteiger partial charge < -0.3 is 10.5 Å². The van der Waals surface area contributed by atoms with Gasteiger partial charge in [-0.2, -0.15) is 21.0 Å². The van der Waals surface area contributed by atoms with Gasteiger partial charge in [0, 0.05) is 0 Å². The van der Waals surface area contributed by atoms with E-state index in [1.165, 1.54) is 0 Å². The Labute approximate surface area is 186 Å². The molecule has 3 atom stereocenters. The van der Waals surface area contributed by atoms with E-state index in [9.17, 15) is 25.8 Å². The predicted molar refractivity (Wildman–Crippen MR) is 114 cm³/mol. The summed E-state index contributed by atoms with van der Waals surface area (Å²) < 4.78 is 5.34. The Bertz CT molecular complexity index is 1210. The van der Waals surface area contributed by atoms with Gasteiger partial charge in [0.1, 0.15) is 0 Å². The molecule has 7 heteroatoms. The quantitative estimate of drug-likeness (QED) is 0.744. The van der Waals surface area contributed by atoms with Crippen LogP contribution in [0, 0.1) is 56.2 Å². The maximum atomic E-state index is 13.6. The molecule has 0 spiro atoms. The van der Waals surface area contributed by atoms with Gasteiger partial charge >= 0.3 is 5.97 Å². The number of carbonyl (C=O) groups is 1. The molecule has 0 unspecified atom stereocenters. The Kier molecular flexibility index (Phi) is 5.97. The first kappa shape index (κ1) is 22.1. The van der Waals surface area contributed by atoms with Crippen molar-refractivity contribution in [1.82, 2.24) is 0 Å². The maximum absolute atomic E-state index is 13.6. The van der Waals surface area contributed by atoms with E-state index in [-0.39, 0.29) is 17.9 Å². The van der Waals surface area contributed by atoms with E-state index >= 15 is 0 Å². The summed E-state index contributed by atoms with van der Waals surface area (Å²) in [6.45, 7) is 1.57. The average molecular weight is 421 g/mol. The number of hydrogen-bond donors (Lipinski definition) is 1. The van der Waals surface area contributed by atoms with E-state index in [4.69, 9.17) is 10.5 Å². The van der Waals surface area contributed by atoms with E-state index in [2.05, 4.69) is 6.07 Å². The number of nitrogens with zero attached hydrogens (tertiary/aromatic N) is 4. The summed E-state index contributed by atoms with van der Waals surface area (Å²) in [5.74, 6) is -3.37.